The molecule has 1 spiro atoms. The van der Waals surface area contributed by atoms with E-state index in [-0.39, 0.29) is 59.6 Å². The number of carbonyl (C=O) groups is 1. The predicted molar refractivity (Wildman–Crippen MR) is 161 cm³/mol. The summed E-state index contributed by atoms with van der Waals surface area (Å²) in [7, 11) is -4.25. The summed E-state index contributed by atoms with van der Waals surface area (Å²) in [6, 6.07) is 10.2. The van der Waals surface area contributed by atoms with E-state index < -0.39 is 33.6 Å². The Hall–Kier alpha value is -3.67. The number of anilines is 1. The van der Waals surface area contributed by atoms with Gasteiger partial charge in [-0.1, -0.05) is 24.3 Å². The van der Waals surface area contributed by atoms with Gasteiger partial charge in [0, 0.05) is 22.7 Å². The minimum atomic E-state index is -4.42. The summed E-state index contributed by atoms with van der Waals surface area (Å²) in [5.41, 5.74) is 1.90. The first-order chi connectivity index (χ1) is 21.2. The zero-order valence-corrected chi connectivity index (χ0v) is 26.2. The number of sulfonamides is 1. The normalized spacial score (nSPS) is 23.1. The highest BCUT2D eigenvalue weighted by molar-refractivity contribution is 7.92. The van der Waals surface area contributed by atoms with Crippen molar-refractivity contribution in [2.45, 2.75) is 88.9 Å². The van der Waals surface area contributed by atoms with Crippen LogP contribution < -0.4 is 9.46 Å². The molecule has 1 atom stereocenters. The van der Waals surface area contributed by atoms with E-state index in [0.717, 1.165) is 29.5 Å². The van der Waals surface area contributed by atoms with Crippen LogP contribution in [0.25, 0.3) is 11.3 Å². The van der Waals surface area contributed by atoms with E-state index in [0.29, 0.717) is 24.1 Å². The molecular weight excluding hydrogens is 605 g/mol. The van der Waals surface area contributed by atoms with E-state index in [1.54, 1.807) is 11.8 Å². The monoisotopic (exact) mass is 640 g/mol. The lowest BCUT2D eigenvalue weighted by Gasteiger charge is -2.48. The molecule has 0 unspecified atom stereocenters. The topological polar surface area (TPSA) is 101 Å². The maximum atomic E-state index is 14.4. The first-order valence-electron chi connectivity index (χ1n) is 15.3. The number of aromatic nitrogens is 2. The number of hydrogen-bond acceptors (Lipinski definition) is 6. The van der Waals surface area contributed by atoms with Gasteiger partial charge in [0.15, 0.2) is 0 Å². The standard InChI is InChI=1S/C33H35F3N4O4S/c1-19-6-4-7-20(2)26(19)27-21(3)28-38-30(37-27)39-45(42,43)25-9-5-8-22(14-25)29(41)40(23-15-31(16-23)10-11-31)24(18-44-28)17-32(12-13-32)33(34,35)36/h4-9,14,23-24H,10-13,15-18H2,1-3H3,(H,37,38,39)/t24-/m1/s1. The van der Waals surface area contributed by atoms with E-state index in [1.807, 2.05) is 32.0 Å². The highest BCUT2D eigenvalue weighted by Crippen LogP contribution is 2.64. The van der Waals surface area contributed by atoms with Crippen LogP contribution in [0.1, 0.15) is 72.0 Å². The Morgan fingerprint density at radius 2 is 1.67 bits per heavy atom. The fourth-order valence-electron chi connectivity index (χ4n) is 7.21. The van der Waals surface area contributed by atoms with Gasteiger partial charge in [0.1, 0.15) is 6.61 Å². The van der Waals surface area contributed by atoms with Gasteiger partial charge in [0.25, 0.3) is 15.9 Å². The third kappa shape index (κ3) is 5.24. The second-order valence-electron chi connectivity index (χ2n) is 13.4. The molecule has 1 N–H and O–H groups in total. The predicted octanol–water partition coefficient (Wildman–Crippen LogP) is 6.75. The molecule has 4 aliphatic rings. The number of nitrogens with one attached hydrogen (secondary N) is 1. The number of rotatable bonds is 4. The minimum Gasteiger partial charge on any atom is -0.475 e. The lowest BCUT2D eigenvalue weighted by Crippen LogP contribution is -2.56. The van der Waals surface area contributed by atoms with E-state index in [4.69, 9.17) is 4.74 Å². The lowest BCUT2D eigenvalue weighted by molar-refractivity contribution is -0.193. The second kappa shape index (κ2) is 10.2. The van der Waals surface area contributed by atoms with E-state index >= 15 is 0 Å². The van der Waals surface area contributed by atoms with Crippen LogP contribution in [0, 0.1) is 31.6 Å². The Bertz CT molecular complexity index is 1790. The molecule has 3 fully saturated rings. The third-order valence-corrected chi connectivity index (χ3v) is 11.6. The fraction of sp³-hybridized carbons (Fsp3) is 0.485. The van der Waals surface area contributed by atoms with Crippen molar-refractivity contribution in [3.8, 4) is 17.1 Å². The van der Waals surface area contributed by atoms with Crippen LogP contribution >= 0.6 is 0 Å². The molecular formula is C33H35F3N4O4S. The van der Waals surface area contributed by atoms with Gasteiger partial charge in [0.05, 0.1) is 22.0 Å². The molecule has 2 aromatic carbocycles. The summed E-state index contributed by atoms with van der Waals surface area (Å²) in [6.07, 6.45) is -1.23. The van der Waals surface area contributed by atoms with Gasteiger partial charge in [-0.3, -0.25) is 4.79 Å². The van der Waals surface area contributed by atoms with E-state index in [1.165, 1.54) is 24.3 Å². The molecule has 1 aromatic heterocycles. The van der Waals surface area contributed by atoms with Crippen LogP contribution in [0.2, 0.25) is 0 Å². The van der Waals surface area contributed by atoms with E-state index in [2.05, 4.69) is 14.7 Å². The lowest BCUT2D eigenvalue weighted by atomic mass is 9.75. The number of halogens is 3. The summed E-state index contributed by atoms with van der Waals surface area (Å²) in [6.45, 7) is 5.34. The number of carbonyl (C=O) groups excluding carboxylic acids is 1. The van der Waals surface area contributed by atoms with Crippen LogP contribution in [0.5, 0.6) is 5.88 Å². The number of hydrogen-bond donors (Lipinski definition) is 1. The quantitative estimate of drug-likeness (QED) is 0.339. The fourth-order valence-corrected chi connectivity index (χ4v) is 8.20. The Morgan fingerprint density at radius 3 is 2.29 bits per heavy atom. The van der Waals surface area contributed by atoms with Crippen LogP contribution in [-0.4, -0.2) is 54.1 Å². The Labute approximate surface area is 260 Å². The summed E-state index contributed by atoms with van der Waals surface area (Å²) in [5.74, 6) is -0.682. The van der Waals surface area contributed by atoms with Gasteiger partial charge in [-0.15, -0.1) is 0 Å². The van der Waals surface area contributed by atoms with Crippen molar-refractivity contribution in [1.82, 2.24) is 14.9 Å². The number of ether oxygens (including phenoxy) is 1. The van der Waals surface area contributed by atoms with Crippen LogP contribution in [0.15, 0.2) is 47.4 Å². The first-order valence-corrected chi connectivity index (χ1v) is 16.8. The molecule has 3 saturated carbocycles. The van der Waals surface area contributed by atoms with Crippen LogP contribution in [0.4, 0.5) is 19.1 Å². The van der Waals surface area contributed by atoms with Gasteiger partial charge >= 0.3 is 6.18 Å². The van der Waals surface area contributed by atoms with Gasteiger partial charge in [-0.2, -0.15) is 18.2 Å². The number of nitrogens with zero attached hydrogens (tertiary/aromatic N) is 3. The van der Waals surface area contributed by atoms with Crippen molar-refractivity contribution in [2.24, 2.45) is 10.8 Å². The molecule has 0 saturated heterocycles. The number of amides is 1. The van der Waals surface area contributed by atoms with Crippen molar-refractivity contribution in [2.75, 3.05) is 11.3 Å². The summed E-state index contributed by atoms with van der Waals surface area (Å²) >= 11 is 0. The van der Waals surface area contributed by atoms with Crippen molar-refractivity contribution < 1.29 is 31.1 Å². The molecule has 8 nitrogen and oxygen atoms in total. The van der Waals surface area contributed by atoms with Crippen molar-refractivity contribution in [3.63, 3.8) is 0 Å². The maximum Gasteiger partial charge on any atom is 0.394 e. The van der Waals surface area contributed by atoms with E-state index in [9.17, 15) is 26.4 Å². The first kappa shape index (κ1) is 30.0. The molecule has 3 aliphatic carbocycles. The number of benzene rings is 2. The molecule has 12 heteroatoms. The summed E-state index contributed by atoms with van der Waals surface area (Å²) < 4.78 is 79.1. The molecule has 45 heavy (non-hydrogen) atoms. The zero-order valence-electron chi connectivity index (χ0n) is 25.4. The molecule has 238 valence electrons. The maximum absolute atomic E-state index is 14.4. The Kier molecular flexibility index (Phi) is 6.78. The third-order valence-electron chi connectivity index (χ3n) is 10.2. The molecule has 0 radical (unpaired) electrons. The zero-order chi connectivity index (χ0) is 31.9. The molecule has 1 amide bonds. The molecule has 4 bridgehead atoms. The Balaban J connectivity index is 1.39. The number of fused-ring (bicyclic) bond motifs is 4. The average Bonchev–Trinajstić information content (AvgIpc) is 3.88. The second-order valence-corrected chi connectivity index (χ2v) is 15.1. The number of alkyl halides is 3. The molecule has 2 heterocycles. The molecule has 3 aromatic rings. The van der Waals surface area contributed by atoms with Gasteiger partial charge in [0.2, 0.25) is 11.8 Å². The van der Waals surface area contributed by atoms with Crippen molar-refractivity contribution in [1.29, 1.82) is 0 Å². The highest BCUT2D eigenvalue weighted by atomic mass is 32.2. The largest absolute Gasteiger partial charge is 0.475 e. The van der Waals surface area contributed by atoms with Crippen LogP contribution in [0.3, 0.4) is 0 Å². The van der Waals surface area contributed by atoms with Crippen LogP contribution in [-0.2, 0) is 10.0 Å². The average molecular weight is 641 g/mol. The SMILES string of the molecule is Cc1cccc(C)c1-c1nc2nc(c1C)OC[C@@H](CC1(C(F)(F)F)CC1)N(C1CC3(CC3)C1)C(=O)c1cccc(c1)S(=O)(=O)N2. The summed E-state index contributed by atoms with van der Waals surface area (Å²) in [5, 5.41) is 0. The van der Waals surface area contributed by atoms with Gasteiger partial charge in [-0.25, -0.2) is 18.1 Å². The van der Waals surface area contributed by atoms with Crippen molar-refractivity contribution in [3.05, 3.63) is 64.7 Å². The summed E-state index contributed by atoms with van der Waals surface area (Å²) in [4.78, 5) is 24.7. The molecule has 1 aliphatic heterocycles. The smallest absolute Gasteiger partial charge is 0.394 e. The number of aryl methyl sites for hydroxylation is 2. The van der Waals surface area contributed by atoms with Gasteiger partial charge in [-0.05, 0) is 100 Å². The van der Waals surface area contributed by atoms with Gasteiger partial charge < -0.3 is 9.64 Å². The minimum absolute atomic E-state index is 0.00528. The molecule has 7 rings (SSSR count). The van der Waals surface area contributed by atoms with Crippen molar-refractivity contribution >= 4 is 21.9 Å². The highest BCUT2D eigenvalue weighted by Gasteiger charge is 2.65. The Morgan fingerprint density at radius 1 is 1.00 bits per heavy atom.